The summed E-state index contributed by atoms with van der Waals surface area (Å²) in [6.45, 7) is 0.185. The summed E-state index contributed by atoms with van der Waals surface area (Å²) in [5.74, 6) is 0. The third-order valence-corrected chi connectivity index (χ3v) is 4.60. The fraction of sp³-hybridized carbons (Fsp3) is 0.533. The zero-order chi connectivity index (χ0) is 12.6. The van der Waals surface area contributed by atoms with Crippen LogP contribution >= 0.6 is 0 Å². The Hall–Kier alpha value is -1.44. The molecule has 0 aromatic heterocycles. The van der Waals surface area contributed by atoms with Gasteiger partial charge in [0.2, 0.25) is 6.08 Å². The molecule has 18 heavy (non-hydrogen) atoms. The SMILES string of the molecule is O=C=NC1(c2ccccc2C2(CO)CC2)CCC1. The molecule has 3 nitrogen and oxygen atoms in total. The molecule has 3 heteroatoms. The first-order chi connectivity index (χ1) is 8.76. The minimum atomic E-state index is -0.358. The predicted octanol–water partition coefficient (Wildman–Crippen LogP) is 2.43. The number of carbonyl (C=O) groups excluding carboxylic acids is 1. The lowest BCUT2D eigenvalue weighted by atomic mass is 9.69. The molecule has 2 aliphatic carbocycles. The second kappa shape index (κ2) is 4.04. The number of aliphatic hydroxyl groups excluding tert-OH is 1. The highest BCUT2D eigenvalue weighted by Crippen LogP contribution is 2.54. The Morgan fingerprint density at radius 1 is 1.17 bits per heavy atom. The van der Waals surface area contributed by atoms with Crippen LogP contribution in [0, 0.1) is 0 Å². The average molecular weight is 243 g/mol. The van der Waals surface area contributed by atoms with Crippen LogP contribution in [0.5, 0.6) is 0 Å². The first-order valence-electron chi connectivity index (χ1n) is 6.56. The molecule has 0 bridgehead atoms. The van der Waals surface area contributed by atoms with Crippen LogP contribution in [0.1, 0.15) is 43.2 Å². The summed E-state index contributed by atoms with van der Waals surface area (Å²) in [7, 11) is 0. The van der Waals surface area contributed by atoms with Crippen molar-refractivity contribution >= 4 is 6.08 Å². The van der Waals surface area contributed by atoms with Crippen LogP contribution in [0.2, 0.25) is 0 Å². The number of hydrogen-bond donors (Lipinski definition) is 1. The molecule has 0 saturated heterocycles. The molecular formula is C15H17NO2. The van der Waals surface area contributed by atoms with E-state index in [1.807, 2.05) is 12.1 Å². The molecule has 0 spiro atoms. The topological polar surface area (TPSA) is 49.7 Å². The minimum Gasteiger partial charge on any atom is -0.395 e. The molecule has 0 unspecified atom stereocenters. The third kappa shape index (κ3) is 1.55. The Morgan fingerprint density at radius 2 is 1.83 bits per heavy atom. The minimum absolute atomic E-state index is 0.0718. The number of aliphatic imine (C=N–C) groups is 1. The van der Waals surface area contributed by atoms with E-state index in [1.54, 1.807) is 6.08 Å². The molecule has 2 fully saturated rings. The molecule has 0 radical (unpaired) electrons. The Bertz CT molecular complexity index is 509. The average Bonchev–Trinajstić information content (AvgIpc) is 3.15. The van der Waals surface area contributed by atoms with Gasteiger partial charge in [0.15, 0.2) is 0 Å². The zero-order valence-corrected chi connectivity index (χ0v) is 10.4. The lowest BCUT2D eigenvalue weighted by Crippen LogP contribution is -2.34. The van der Waals surface area contributed by atoms with Crippen LogP contribution in [0.4, 0.5) is 0 Å². The highest BCUT2D eigenvalue weighted by Gasteiger charge is 2.49. The van der Waals surface area contributed by atoms with Gasteiger partial charge in [-0.15, -0.1) is 0 Å². The van der Waals surface area contributed by atoms with Crippen molar-refractivity contribution in [3.8, 4) is 0 Å². The van der Waals surface area contributed by atoms with Crippen LogP contribution in [-0.2, 0) is 15.7 Å². The zero-order valence-electron chi connectivity index (χ0n) is 10.4. The van der Waals surface area contributed by atoms with E-state index in [1.165, 1.54) is 5.56 Å². The molecule has 3 rings (SSSR count). The summed E-state index contributed by atoms with van der Waals surface area (Å²) >= 11 is 0. The molecule has 0 atom stereocenters. The van der Waals surface area contributed by atoms with Gasteiger partial charge >= 0.3 is 0 Å². The first-order valence-corrected chi connectivity index (χ1v) is 6.56. The molecule has 1 aromatic rings. The maximum atomic E-state index is 10.7. The number of isocyanates is 1. The van der Waals surface area contributed by atoms with Gasteiger partial charge in [0.05, 0.1) is 12.1 Å². The molecule has 2 saturated carbocycles. The lowest BCUT2D eigenvalue weighted by Gasteiger charge is -2.39. The molecule has 2 aliphatic rings. The molecule has 94 valence electrons. The van der Waals surface area contributed by atoms with E-state index in [4.69, 9.17) is 0 Å². The van der Waals surface area contributed by atoms with Crippen molar-refractivity contribution in [1.29, 1.82) is 0 Å². The van der Waals surface area contributed by atoms with Gasteiger partial charge < -0.3 is 5.11 Å². The van der Waals surface area contributed by atoms with Crippen LogP contribution in [-0.4, -0.2) is 17.8 Å². The number of benzene rings is 1. The summed E-state index contributed by atoms with van der Waals surface area (Å²) in [6, 6.07) is 8.14. The van der Waals surface area contributed by atoms with Crippen molar-refractivity contribution in [2.24, 2.45) is 4.99 Å². The van der Waals surface area contributed by atoms with Crippen molar-refractivity contribution in [3.05, 3.63) is 35.4 Å². The second-order valence-corrected chi connectivity index (χ2v) is 5.57. The Morgan fingerprint density at radius 3 is 2.28 bits per heavy atom. The molecular weight excluding hydrogens is 226 g/mol. The monoisotopic (exact) mass is 243 g/mol. The summed E-state index contributed by atoms with van der Waals surface area (Å²) in [5.41, 5.74) is 1.89. The van der Waals surface area contributed by atoms with Crippen LogP contribution in [0.3, 0.4) is 0 Å². The van der Waals surface area contributed by atoms with Crippen LogP contribution in [0.15, 0.2) is 29.3 Å². The van der Waals surface area contributed by atoms with Gasteiger partial charge in [-0.05, 0) is 43.2 Å². The summed E-state index contributed by atoms with van der Waals surface area (Å²) in [5, 5.41) is 9.61. The number of hydrogen-bond acceptors (Lipinski definition) is 3. The van der Waals surface area contributed by atoms with E-state index in [2.05, 4.69) is 17.1 Å². The van der Waals surface area contributed by atoms with Crippen LogP contribution in [0.25, 0.3) is 0 Å². The van der Waals surface area contributed by atoms with Crippen molar-refractivity contribution in [1.82, 2.24) is 0 Å². The Labute approximate surface area is 107 Å². The van der Waals surface area contributed by atoms with Gasteiger partial charge in [-0.2, -0.15) is 4.99 Å². The first kappa shape index (κ1) is 11.6. The number of rotatable bonds is 4. The largest absolute Gasteiger partial charge is 0.395 e. The third-order valence-electron chi connectivity index (χ3n) is 4.60. The summed E-state index contributed by atoms with van der Waals surface area (Å²) in [4.78, 5) is 14.8. The second-order valence-electron chi connectivity index (χ2n) is 5.57. The van der Waals surface area contributed by atoms with E-state index in [9.17, 15) is 9.90 Å². The molecule has 0 aliphatic heterocycles. The normalized spacial score (nSPS) is 22.7. The lowest BCUT2D eigenvalue weighted by molar-refractivity contribution is 0.236. The van der Waals surface area contributed by atoms with Gasteiger partial charge in [-0.25, -0.2) is 4.79 Å². The van der Waals surface area contributed by atoms with Gasteiger partial charge in [0, 0.05) is 5.41 Å². The van der Waals surface area contributed by atoms with Crippen molar-refractivity contribution < 1.29 is 9.90 Å². The van der Waals surface area contributed by atoms with Crippen molar-refractivity contribution in [3.63, 3.8) is 0 Å². The van der Waals surface area contributed by atoms with Gasteiger partial charge in [-0.1, -0.05) is 24.3 Å². The summed E-state index contributed by atoms with van der Waals surface area (Å²) < 4.78 is 0. The number of aliphatic hydroxyl groups is 1. The van der Waals surface area contributed by atoms with Crippen molar-refractivity contribution in [2.45, 2.75) is 43.1 Å². The van der Waals surface area contributed by atoms with E-state index in [0.29, 0.717) is 0 Å². The van der Waals surface area contributed by atoms with Crippen LogP contribution < -0.4 is 0 Å². The number of nitrogens with zero attached hydrogens (tertiary/aromatic N) is 1. The summed E-state index contributed by atoms with van der Waals surface area (Å²) in [6.07, 6.45) is 6.73. The maximum Gasteiger partial charge on any atom is 0.235 e. The molecule has 0 heterocycles. The van der Waals surface area contributed by atoms with Gasteiger partial charge in [0.25, 0.3) is 0 Å². The quantitative estimate of drug-likeness (QED) is 0.652. The Kier molecular flexibility index (Phi) is 2.61. The standard InChI is InChI=1S/C15H17NO2/c17-10-14(8-9-14)12-4-1-2-5-13(12)15(16-11-18)6-3-7-15/h1-2,4-5,17H,3,6-10H2. The van der Waals surface area contributed by atoms with E-state index in [0.717, 1.165) is 37.7 Å². The van der Waals surface area contributed by atoms with Gasteiger partial charge in [0.1, 0.15) is 0 Å². The molecule has 1 N–H and O–H groups in total. The van der Waals surface area contributed by atoms with Gasteiger partial charge in [-0.3, -0.25) is 0 Å². The maximum absolute atomic E-state index is 10.7. The van der Waals surface area contributed by atoms with E-state index >= 15 is 0 Å². The van der Waals surface area contributed by atoms with Crippen molar-refractivity contribution in [2.75, 3.05) is 6.61 Å². The fourth-order valence-corrected chi connectivity index (χ4v) is 3.06. The van der Waals surface area contributed by atoms with E-state index in [-0.39, 0.29) is 17.6 Å². The smallest absolute Gasteiger partial charge is 0.235 e. The fourth-order valence-electron chi connectivity index (χ4n) is 3.06. The highest BCUT2D eigenvalue weighted by atomic mass is 16.3. The predicted molar refractivity (Wildman–Crippen MR) is 68.1 cm³/mol. The highest BCUT2D eigenvalue weighted by molar-refractivity contribution is 5.47. The molecule has 1 aromatic carbocycles. The molecule has 0 amide bonds. The van der Waals surface area contributed by atoms with E-state index < -0.39 is 0 Å². The Balaban J connectivity index is 2.09.